The zero-order valence-electron chi connectivity index (χ0n) is 15.6. The van der Waals surface area contributed by atoms with E-state index in [0.29, 0.717) is 34.0 Å². The molecule has 0 bridgehead atoms. The average Bonchev–Trinajstić information content (AvgIpc) is 2.68. The lowest BCUT2D eigenvalue weighted by Crippen LogP contribution is -2.46. The van der Waals surface area contributed by atoms with Crippen molar-refractivity contribution in [2.24, 2.45) is 0 Å². The smallest absolute Gasteiger partial charge is 0.319 e. The molecular formula is C20H20FN3O4. The highest BCUT2D eigenvalue weighted by Gasteiger charge is 2.33. The quantitative estimate of drug-likeness (QED) is 0.738. The van der Waals surface area contributed by atoms with Crippen molar-refractivity contribution in [3.63, 3.8) is 0 Å². The second-order valence-corrected chi connectivity index (χ2v) is 6.14. The molecule has 1 heterocycles. The summed E-state index contributed by atoms with van der Waals surface area (Å²) in [6, 6.07) is 9.37. The molecule has 8 heteroatoms. The first kappa shape index (κ1) is 19.2. The molecule has 3 N–H and O–H groups in total. The van der Waals surface area contributed by atoms with Crippen molar-refractivity contribution in [2.75, 3.05) is 19.5 Å². The molecule has 0 radical (unpaired) electrons. The Balaban J connectivity index is 1.99. The number of hydrogen-bond donors (Lipinski definition) is 3. The molecule has 7 nitrogen and oxygen atoms in total. The second-order valence-electron chi connectivity index (χ2n) is 6.14. The Bertz CT molecular complexity index is 941. The molecule has 1 atom stereocenters. The predicted octanol–water partition coefficient (Wildman–Crippen LogP) is 3.11. The summed E-state index contributed by atoms with van der Waals surface area (Å²) >= 11 is 0. The number of hydrogen-bond acceptors (Lipinski definition) is 4. The number of halogens is 1. The minimum Gasteiger partial charge on any atom is -0.497 e. The van der Waals surface area contributed by atoms with Gasteiger partial charge in [0, 0.05) is 23.0 Å². The van der Waals surface area contributed by atoms with Gasteiger partial charge in [0.05, 0.1) is 25.8 Å². The summed E-state index contributed by atoms with van der Waals surface area (Å²) in [5.41, 5.74) is 1.75. The van der Waals surface area contributed by atoms with E-state index >= 15 is 0 Å². The molecule has 3 amide bonds. The van der Waals surface area contributed by atoms with Crippen LogP contribution in [0.15, 0.2) is 53.7 Å². The Morgan fingerprint density at radius 2 is 1.82 bits per heavy atom. The van der Waals surface area contributed by atoms with E-state index in [0.717, 1.165) is 0 Å². The van der Waals surface area contributed by atoms with Gasteiger partial charge in [-0.1, -0.05) is 0 Å². The van der Waals surface area contributed by atoms with Crippen molar-refractivity contribution in [1.29, 1.82) is 0 Å². The lowest BCUT2D eigenvalue weighted by atomic mass is 9.94. The number of ether oxygens (including phenoxy) is 2. The highest BCUT2D eigenvalue weighted by Crippen LogP contribution is 2.35. The standard InChI is InChI=1S/C20H20FN3O4/c1-11-17(19(25)23-13-6-4-12(21)5-7-13)18(24-20(26)22-11)15-9-8-14(27-2)10-16(15)28-3/h4-10,18H,1-3H3,(H,23,25)(H2,22,24,26)/t18-/m0/s1. The number of urea groups is 1. The molecule has 0 aliphatic carbocycles. The van der Waals surface area contributed by atoms with Crippen LogP contribution in [0.2, 0.25) is 0 Å². The number of nitrogens with one attached hydrogen (secondary N) is 3. The van der Waals surface area contributed by atoms with E-state index in [1.54, 1.807) is 25.1 Å². The third kappa shape index (κ3) is 3.90. The molecule has 28 heavy (non-hydrogen) atoms. The van der Waals surface area contributed by atoms with Gasteiger partial charge in [-0.25, -0.2) is 9.18 Å². The number of anilines is 1. The molecule has 0 aromatic heterocycles. The SMILES string of the molecule is COc1ccc([C@@H]2NC(=O)NC(C)=C2C(=O)Nc2ccc(F)cc2)c(OC)c1. The van der Waals surface area contributed by atoms with Crippen molar-refractivity contribution < 1.29 is 23.5 Å². The largest absolute Gasteiger partial charge is 0.497 e. The molecule has 0 saturated heterocycles. The summed E-state index contributed by atoms with van der Waals surface area (Å²) in [5.74, 6) is 0.214. The summed E-state index contributed by atoms with van der Waals surface area (Å²) < 4.78 is 23.7. The van der Waals surface area contributed by atoms with Gasteiger partial charge in [0.2, 0.25) is 0 Å². The molecule has 146 valence electrons. The van der Waals surface area contributed by atoms with Crippen LogP contribution in [0.25, 0.3) is 0 Å². The number of carbonyl (C=O) groups is 2. The highest BCUT2D eigenvalue weighted by atomic mass is 19.1. The zero-order chi connectivity index (χ0) is 20.3. The fraction of sp³-hybridized carbons (Fsp3) is 0.200. The maximum Gasteiger partial charge on any atom is 0.319 e. The van der Waals surface area contributed by atoms with Gasteiger partial charge in [0.25, 0.3) is 5.91 Å². The molecular weight excluding hydrogens is 365 g/mol. The molecule has 0 fully saturated rings. The molecule has 0 saturated carbocycles. The van der Waals surface area contributed by atoms with Crippen LogP contribution in [-0.4, -0.2) is 26.2 Å². The van der Waals surface area contributed by atoms with Crippen LogP contribution in [0.5, 0.6) is 11.5 Å². The topological polar surface area (TPSA) is 88.7 Å². The lowest BCUT2D eigenvalue weighted by Gasteiger charge is -2.29. The van der Waals surface area contributed by atoms with Crippen LogP contribution in [0, 0.1) is 5.82 Å². The summed E-state index contributed by atoms with van der Waals surface area (Å²) in [6.45, 7) is 1.64. The fourth-order valence-electron chi connectivity index (χ4n) is 3.02. The molecule has 2 aromatic carbocycles. The monoisotopic (exact) mass is 385 g/mol. The number of allylic oxidation sites excluding steroid dienone is 1. The van der Waals surface area contributed by atoms with Gasteiger partial charge in [-0.15, -0.1) is 0 Å². The van der Waals surface area contributed by atoms with Gasteiger partial charge in [-0.2, -0.15) is 0 Å². The van der Waals surface area contributed by atoms with E-state index in [-0.39, 0.29) is 0 Å². The zero-order valence-corrected chi connectivity index (χ0v) is 15.6. The number of benzene rings is 2. The van der Waals surface area contributed by atoms with Crippen molar-refractivity contribution in [2.45, 2.75) is 13.0 Å². The van der Waals surface area contributed by atoms with E-state index in [4.69, 9.17) is 9.47 Å². The normalized spacial score (nSPS) is 16.1. The second kappa shape index (κ2) is 7.99. The van der Waals surface area contributed by atoms with Crippen LogP contribution in [0.1, 0.15) is 18.5 Å². The third-order valence-electron chi connectivity index (χ3n) is 4.37. The first-order valence-corrected chi connectivity index (χ1v) is 8.50. The summed E-state index contributed by atoms with van der Waals surface area (Å²) in [5, 5.41) is 8.08. The molecule has 0 unspecified atom stereocenters. The van der Waals surface area contributed by atoms with Crippen LogP contribution in [-0.2, 0) is 4.79 Å². The first-order chi connectivity index (χ1) is 13.4. The molecule has 1 aliphatic rings. The van der Waals surface area contributed by atoms with Crippen molar-refractivity contribution in [3.05, 3.63) is 65.1 Å². The van der Waals surface area contributed by atoms with Crippen LogP contribution in [0.4, 0.5) is 14.9 Å². The Labute approximate surface area is 161 Å². The van der Waals surface area contributed by atoms with Crippen LogP contribution < -0.4 is 25.4 Å². The molecule has 1 aliphatic heterocycles. The minimum absolute atomic E-state index is 0.312. The van der Waals surface area contributed by atoms with Crippen LogP contribution in [0.3, 0.4) is 0 Å². The van der Waals surface area contributed by atoms with Gasteiger partial charge in [-0.3, -0.25) is 4.79 Å². The van der Waals surface area contributed by atoms with E-state index in [1.807, 2.05) is 0 Å². The molecule has 3 rings (SSSR count). The lowest BCUT2D eigenvalue weighted by molar-refractivity contribution is -0.113. The van der Waals surface area contributed by atoms with Crippen LogP contribution >= 0.6 is 0 Å². The Kier molecular flexibility index (Phi) is 5.49. The Hall–Kier alpha value is -3.55. The van der Waals surface area contributed by atoms with Gasteiger partial charge >= 0.3 is 6.03 Å². The van der Waals surface area contributed by atoms with E-state index in [9.17, 15) is 14.0 Å². The van der Waals surface area contributed by atoms with Crippen molar-refractivity contribution in [3.8, 4) is 11.5 Å². The van der Waals surface area contributed by atoms with E-state index in [2.05, 4.69) is 16.0 Å². The van der Waals surface area contributed by atoms with Gasteiger partial charge in [-0.05, 0) is 43.3 Å². The van der Waals surface area contributed by atoms with Gasteiger partial charge < -0.3 is 25.4 Å². The number of carbonyl (C=O) groups excluding carboxylic acids is 2. The number of rotatable bonds is 5. The summed E-state index contributed by atoms with van der Waals surface area (Å²) in [7, 11) is 3.03. The molecule has 2 aromatic rings. The first-order valence-electron chi connectivity index (χ1n) is 8.50. The maximum atomic E-state index is 13.1. The van der Waals surface area contributed by atoms with Gasteiger partial charge in [0.1, 0.15) is 17.3 Å². The minimum atomic E-state index is -0.741. The summed E-state index contributed by atoms with van der Waals surface area (Å²) in [4.78, 5) is 25.0. The summed E-state index contributed by atoms with van der Waals surface area (Å²) in [6.07, 6.45) is 0. The van der Waals surface area contributed by atoms with Crippen molar-refractivity contribution >= 4 is 17.6 Å². The molecule has 0 spiro atoms. The maximum absolute atomic E-state index is 13.1. The number of amides is 3. The van der Waals surface area contributed by atoms with Gasteiger partial charge in [0.15, 0.2) is 0 Å². The number of methoxy groups -OCH3 is 2. The van der Waals surface area contributed by atoms with E-state index in [1.165, 1.54) is 38.5 Å². The van der Waals surface area contributed by atoms with Crippen molar-refractivity contribution in [1.82, 2.24) is 10.6 Å². The average molecular weight is 385 g/mol. The van der Waals surface area contributed by atoms with E-state index < -0.39 is 23.8 Å². The Morgan fingerprint density at radius 1 is 1.11 bits per heavy atom. The third-order valence-corrected chi connectivity index (χ3v) is 4.37. The highest BCUT2D eigenvalue weighted by molar-refractivity contribution is 6.06. The fourth-order valence-corrected chi connectivity index (χ4v) is 3.02. The Morgan fingerprint density at radius 3 is 2.46 bits per heavy atom. The predicted molar refractivity (Wildman–Crippen MR) is 102 cm³/mol.